The monoisotopic (exact) mass is 392 g/mol. The summed E-state index contributed by atoms with van der Waals surface area (Å²) >= 11 is 9.71. The summed E-state index contributed by atoms with van der Waals surface area (Å²) in [5.74, 6) is 0.573. The Labute approximate surface area is 146 Å². The van der Waals surface area contributed by atoms with Crippen LogP contribution in [0.1, 0.15) is 13.8 Å². The van der Waals surface area contributed by atoms with E-state index in [0.29, 0.717) is 22.3 Å². The van der Waals surface area contributed by atoms with Crippen LogP contribution >= 0.6 is 27.5 Å². The number of hydrogen-bond donors (Lipinski definition) is 0. The van der Waals surface area contributed by atoms with Crippen LogP contribution in [0.3, 0.4) is 0 Å². The summed E-state index contributed by atoms with van der Waals surface area (Å²) in [6, 6.07) is 12.6. The van der Waals surface area contributed by atoms with E-state index < -0.39 is 0 Å². The second-order valence-corrected chi connectivity index (χ2v) is 6.57. The highest BCUT2D eigenvalue weighted by Gasteiger charge is 2.16. The van der Waals surface area contributed by atoms with Gasteiger partial charge in [-0.1, -0.05) is 28.1 Å². The largest absolute Gasteiger partial charge is 0.489 e. The van der Waals surface area contributed by atoms with Crippen molar-refractivity contribution in [3.05, 3.63) is 62.6 Å². The first kappa shape index (κ1) is 16.0. The molecule has 3 rings (SSSR count). The van der Waals surface area contributed by atoms with Gasteiger partial charge in [0, 0.05) is 4.47 Å². The summed E-state index contributed by atoms with van der Waals surface area (Å²) in [4.78, 5) is 17.2. The molecule has 0 aliphatic heterocycles. The van der Waals surface area contributed by atoms with Crippen molar-refractivity contribution >= 4 is 38.4 Å². The van der Waals surface area contributed by atoms with E-state index in [4.69, 9.17) is 16.3 Å². The Hall–Kier alpha value is -1.85. The van der Waals surface area contributed by atoms with Gasteiger partial charge in [0.05, 0.1) is 22.7 Å². The highest BCUT2D eigenvalue weighted by Crippen LogP contribution is 2.29. The van der Waals surface area contributed by atoms with Crippen molar-refractivity contribution in [3.8, 4) is 11.4 Å². The Morgan fingerprint density at radius 2 is 1.96 bits per heavy atom. The molecule has 0 fully saturated rings. The lowest BCUT2D eigenvalue weighted by molar-refractivity contribution is 0.241. The number of halogens is 2. The molecule has 0 saturated heterocycles. The van der Waals surface area contributed by atoms with Crippen molar-refractivity contribution in [3.63, 3.8) is 0 Å². The molecule has 0 spiro atoms. The van der Waals surface area contributed by atoms with Gasteiger partial charge >= 0.3 is 0 Å². The van der Waals surface area contributed by atoms with Gasteiger partial charge in [-0.15, -0.1) is 0 Å². The molecule has 0 radical (unpaired) electrons. The molecule has 118 valence electrons. The van der Waals surface area contributed by atoms with E-state index >= 15 is 0 Å². The van der Waals surface area contributed by atoms with Gasteiger partial charge in [0.15, 0.2) is 0 Å². The highest BCUT2D eigenvalue weighted by atomic mass is 79.9. The molecule has 6 heteroatoms. The van der Waals surface area contributed by atoms with Crippen LogP contribution in [0.4, 0.5) is 0 Å². The number of rotatable bonds is 3. The Balaban J connectivity index is 2.33. The Kier molecular flexibility index (Phi) is 4.41. The fourth-order valence-corrected chi connectivity index (χ4v) is 2.94. The van der Waals surface area contributed by atoms with Crippen LogP contribution in [-0.2, 0) is 0 Å². The smallest absolute Gasteiger partial charge is 0.267 e. The molecule has 0 aliphatic rings. The maximum atomic E-state index is 12.9. The van der Waals surface area contributed by atoms with Gasteiger partial charge in [0.1, 0.15) is 5.75 Å². The third kappa shape index (κ3) is 3.12. The first-order valence-corrected chi connectivity index (χ1v) is 8.28. The number of aromatic nitrogens is 2. The van der Waals surface area contributed by atoms with Crippen molar-refractivity contribution in [2.45, 2.75) is 20.0 Å². The fourth-order valence-electron chi connectivity index (χ4n) is 2.33. The molecule has 3 aromatic rings. The summed E-state index contributed by atoms with van der Waals surface area (Å²) < 4.78 is 8.00. The normalized spacial score (nSPS) is 11.2. The minimum Gasteiger partial charge on any atom is -0.489 e. The molecule has 0 N–H and O–H groups in total. The van der Waals surface area contributed by atoms with Crippen LogP contribution in [0.15, 0.2) is 51.7 Å². The van der Waals surface area contributed by atoms with Crippen LogP contribution in [0.2, 0.25) is 5.28 Å². The fraction of sp³-hybridized carbons (Fsp3) is 0.176. The average molecular weight is 394 g/mol. The second kappa shape index (κ2) is 6.34. The summed E-state index contributed by atoms with van der Waals surface area (Å²) in [6.07, 6.45) is -0.0298. The standard InChI is InChI=1S/C17H14BrClN2O2/c1-10(2)23-15-8-7-11(18)9-14(15)21-16(22)12-5-3-4-6-13(12)20-17(21)19/h3-10H,1-2H3. The molecule has 23 heavy (non-hydrogen) atoms. The Morgan fingerprint density at radius 1 is 1.22 bits per heavy atom. The van der Waals surface area contributed by atoms with Gasteiger partial charge in [-0.25, -0.2) is 9.55 Å². The van der Waals surface area contributed by atoms with Crippen molar-refractivity contribution in [2.24, 2.45) is 0 Å². The number of fused-ring (bicyclic) bond motifs is 1. The SMILES string of the molecule is CC(C)Oc1ccc(Br)cc1-n1c(Cl)nc2ccccc2c1=O. The molecule has 0 saturated carbocycles. The molecule has 0 amide bonds. The lowest BCUT2D eigenvalue weighted by Gasteiger charge is -2.17. The van der Waals surface area contributed by atoms with Gasteiger partial charge in [-0.3, -0.25) is 4.79 Å². The topological polar surface area (TPSA) is 44.1 Å². The Morgan fingerprint density at radius 3 is 2.70 bits per heavy atom. The zero-order valence-corrected chi connectivity index (χ0v) is 14.9. The molecule has 1 heterocycles. The molecule has 0 aliphatic carbocycles. The second-order valence-electron chi connectivity index (χ2n) is 5.32. The van der Waals surface area contributed by atoms with Crippen molar-refractivity contribution in [2.75, 3.05) is 0 Å². The van der Waals surface area contributed by atoms with E-state index in [1.54, 1.807) is 30.3 Å². The van der Waals surface area contributed by atoms with Crippen LogP contribution < -0.4 is 10.3 Å². The Bertz CT molecular complexity index is 938. The number of para-hydroxylation sites is 1. The molecule has 0 atom stereocenters. The molecular formula is C17H14BrClN2O2. The minimum atomic E-state index is -0.229. The average Bonchev–Trinajstić information content (AvgIpc) is 2.49. The van der Waals surface area contributed by atoms with Crippen molar-refractivity contribution < 1.29 is 4.74 Å². The molecule has 2 aromatic carbocycles. The van der Waals surface area contributed by atoms with Gasteiger partial charge in [-0.05, 0) is 55.8 Å². The van der Waals surface area contributed by atoms with Crippen molar-refractivity contribution in [1.29, 1.82) is 0 Å². The van der Waals surface area contributed by atoms with Crippen molar-refractivity contribution in [1.82, 2.24) is 9.55 Å². The number of benzene rings is 2. The minimum absolute atomic E-state index is 0.0298. The summed E-state index contributed by atoms with van der Waals surface area (Å²) in [5.41, 5.74) is 0.897. The predicted octanol–water partition coefficient (Wildman–Crippen LogP) is 4.59. The maximum Gasteiger partial charge on any atom is 0.267 e. The third-order valence-corrected chi connectivity index (χ3v) is 4.01. The van der Waals surface area contributed by atoms with Crippen LogP contribution in [0.5, 0.6) is 5.75 Å². The zero-order chi connectivity index (χ0) is 16.6. The summed E-state index contributed by atoms with van der Waals surface area (Å²) in [5, 5.41) is 0.604. The summed E-state index contributed by atoms with van der Waals surface area (Å²) in [6.45, 7) is 3.85. The molecule has 0 bridgehead atoms. The maximum absolute atomic E-state index is 12.9. The number of nitrogens with zero attached hydrogens (tertiary/aromatic N) is 2. The van der Waals surface area contributed by atoms with Gasteiger partial charge < -0.3 is 4.74 Å². The lowest BCUT2D eigenvalue weighted by atomic mass is 10.2. The zero-order valence-electron chi connectivity index (χ0n) is 12.6. The predicted molar refractivity (Wildman–Crippen MR) is 95.8 cm³/mol. The molecule has 0 unspecified atom stereocenters. The van der Waals surface area contributed by atoms with E-state index in [1.165, 1.54) is 4.57 Å². The quantitative estimate of drug-likeness (QED) is 0.611. The first-order chi connectivity index (χ1) is 11.0. The molecule has 1 aromatic heterocycles. The lowest BCUT2D eigenvalue weighted by Crippen LogP contribution is -2.22. The highest BCUT2D eigenvalue weighted by molar-refractivity contribution is 9.10. The molecular weight excluding hydrogens is 380 g/mol. The van der Waals surface area contributed by atoms with Crippen LogP contribution in [-0.4, -0.2) is 15.7 Å². The van der Waals surface area contributed by atoms with Gasteiger partial charge in [0.25, 0.3) is 5.56 Å². The van der Waals surface area contributed by atoms with Crippen LogP contribution in [0, 0.1) is 0 Å². The van der Waals surface area contributed by atoms with Gasteiger partial charge in [-0.2, -0.15) is 0 Å². The van der Waals surface area contributed by atoms with E-state index in [9.17, 15) is 4.79 Å². The molecule has 4 nitrogen and oxygen atoms in total. The van der Waals surface area contributed by atoms with E-state index in [-0.39, 0.29) is 16.9 Å². The van der Waals surface area contributed by atoms with Gasteiger partial charge in [0.2, 0.25) is 5.28 Å². The van der Waals surface area contributed by atoms with E-state index in [1.807, 2.05) is 26.0 Å². The van der Waals surface area contributed by atoms with E-state index in [0.717, 1.165) is 4.47 Å². The number of hydrogen-bond acceptors (Lipinski definition) is 3. The summed E-state index contributed by atoms with van der Waals surface area (Å²) in [7, 11) is 0. The third-order valence-electron chi connectivity index (χ3n) is 3.26. The van der Waals surface area contributed by atoms with E-state index in [2.05, 4.69) is 20.9 Å². The van der Waals surface area contributed by atoms with Crippen LogP contribution in [0.25, 0.3) is 16.6 Å². The number of ether oxygens (including phenoxy) is 1. The first-order valence-electron chi connectivity index (χ1n) is 7.11.